The van der Waals surface area contributed by atoms with Crippen LogP contribution >= 0.6 is 11.3 Å². The zero-order valence-corrected chi connectivity index (χ0v) is 16.0. The fourth-order valence-electron chi connectivity index (χ4n) is 2.40. The van der Waals surface area contributed by atoms with Crippen molar-refractivity contribution >= 4 is 23.2 Å². The van der Waals surface area contributed by atoms with Crippen molar-refractivity contribution in [1.82, 2.24) is 14.9 Å². The van der Waals surface area contributed by atoms with Crippen molar-refractivity contribution in [2.45, 2.75) is 13.0 Å². The zero-order chi connectivity index (χ0) is 19.9. The number of esters is 1. The van der Waals surface area contributed by atoms with Gasteiger partial charge in [0.1, 0.15) is 10.8 Å². The second-order valence-electron chi connectivity index (χ2n) is 6.07. The Morgan fingerprint density at radius 2 is 1.96 bits per heavy atom. The van der Waals surface area contributed by atoms with Crippen LogP contribution in [-0.4, -0.2) is 40.4 Å². The summed E-state index contributed by atoms with van der Waals surface area (Å²) in [7, 11) is 1.60. The first-order chi connectivity index (χ1) is 13.5. The molecule has 0 radical (unpaired) electrons. The molecule has 1 amide bonds. The van der Waals surface area contributed by atoms with Crippen LogP contribution in [0.2, 0.25) is 0 Å². The van der Waals surface area contributed by atoms with Crippen LogP contribution in [0.25, 0.3) is 10.7 Å². The third-order valence-corrected chi connectivity index (χ3v) is 4.79. The quantitative estimate of drug-likeness (QED) is 0.571. The molecule has 6 nitrogen and oxygen atoms in total. The monoisotopic (exact) mass is 399 g/mol. The zero-order valence-electron chi connectivity index (χ0n) is 15.2. The Morgan fingerprint density at radius 3 is 2.68 bits per heavy atom. The predicted molar refractivity (Wildman–Crippen MR) is 103 cm³/mol. The van der Waals surface area contributed by atoms with Gasteiger partial charge in [0.2, 0.25) is 0 Å². The molecule has 8 heteroatoms. The van der Waals surface area contributed by atoms with Crippen molar-refractivity contribution in [2.75, 3.05) is 13.7 Å². The number of halogens is 1. The first kappa shape index (κ1) is 19.6. The van der Waals surface area contributed by atoms with Crippen molar-refractivity contribution in [1.29, 1.82) is 0 Å². The minimum absolute atomic E-state index is 0.0156. The fourth-order valence-corrected chi connectivity index (χ4v) is 3.19. The van der Waals surface area contributed by atoms with E-state index in [1.807, 2.05) is 18.2 Å². The summed E-state index contributed by atoms with van der Waals surface area (Å²) < 4.78 is 18.0. The molecular weight excluding hydrogens is 381 g/mol. The smallest absolute Gasteiger partial charge is 0.312 e. The molecule has 0 aliphatic rings. The molecule has 28 heavy (non-hydrogen) atoms. The number of thiazole rings is 1. The van der Waals surface area contributed by atoms with E-state index in [2.05, 4.69) is 9.97 Å². The van der Waals surface area contributed by atoms with E-state index in [1.54, 1.807) is 30.8 Å². The number of benzene rings is 1. The number of ether oxygens (including phenoxy) is 1. The summed E-state index contributed by atoms with van der Waals surface area (Å²) in [5, 5.41) is 2.49. The molecule has 0 aliphatic heterocycles. The Balaban J connectivity index is 1.46. The second-order valence-corrected chi connectivity index (χ2v) is 6.93. The van der Waals surface area contributed by atoms with E-state index in [-0.39, 0.29) is 24.8 Å². The topological polar surface area (TPSA) is 72.4 Å². The maximum Gasteiger partial charge on any atom is 0.312 e. The van der Waals surface area contributed by atoms with Gasteiger partial charge in [0.25, 0.3) is 5.91 Å². The number of carbonyl (C=O) groups is 2. The van der Waals surface area contributed by atoms with E-state index in [0.29, 0.717) is 12.2 Å². The highest BCUT2D eigenvalue weighted by Gasteiger charge is 2.15. The number of amides is 1. The molecule has 0 N–H and O–H groups in total. The third-order valence-electron chi connectivity index (χ3n) is 3.88. The van der Waals surface area contributed by atoms with E-state index in [1.165, 1.54) is 28.4 Å². The first-order valence-corrected chi connectivity index (χ1v) is 9.39. The molecule has 0 aliphatic carbocycles. The standard InChI is InChI=1S/C20H18FN3O3S/c1-24(11-14-5-7-15(21)8-6-14)18(25)12-27-19(26)10-16-13-28-20(23-16)17-4-2-3-9-22-17/h2-9,13H,10-12H2,1H3. The lowest BCUT2D eigenvalue weighted by Gasteiger charge is -2.17. The highest BCUT2D eigenvalue weighted by molar-refractivity contribution is 7.13. The van der Waals surface area contributed by atoms with Crippen LogP contribution in [0.1, 0.15) is 11.3 Å². The van der Waals surface area contributed by atoms with Crippen LogP contribution < -0.4 is 0 Å². The number of hydrogen-bond acceptors (Lipinski definition) is 6. The number of rotatable bonds is 7. The lowest BCUT2D eigenvalue weighted by molar-refractivity contribution is -0.151. The minimum Gasteiger partial charge on any atom is -0.455 e. The van der Waals surface area contributed by atoms with Crippen molar-refractivity contribution in [2.24, 2.45) is 0 Å². The largest absolute Gasteiger partial charge is 0.455 e. The summed E-state index contributed by atoms with van der Waals surface area (Å²) in [6.07, 6.45) is 1.66. The van der Waals surface area contributed by atoms with Crippen molar-refractivity contribution in [3.05, 3.63) is 71.1 Å². The number of aromatic nitrogens is 2. The van der Waals surface area contributed by atoms with Gasteiger partial charge in [-0.25, -0.2) is 9.37 Å². The molecule has 0 bridgehead atoms. The molecule has 0 saturated heterocycles. The average Bonchev–Trinajstić information content (AvgIpc) is 3.17. The van der Waals surface area contributed by atoms with Crippen LogP contribution in [-0.2, 0) is 27.3 Å². The summed E-state index contributed by atoms with van der Waals surface area (Å²) in [6.45, 7) is -0.0516. The van der Waals surface area contributed by atoms with Gasteiger partial charge in [0, 0.05) is 25.2 Å². The van der Waals surface area contributed by atoms with Gasteiger partial charge >= 0.3 is 5.97 Å². The summed E-state index contributed by atoms with van der Waals surface area (Å²) in [6, 6.07) is 11.4. The maximum atomic E-state index is 12.9. The fraction of sp³-hybridized carbons (Fsp3) is 0.200. The van der Waals surface area contributed by atoms with Crippen LogP contribution in [0.3, 0.4) is 0 Å². The van der Waals surface area contributed by atoms with Crippen molar-refractivity contribution < 1.29 is 18.7 Å². The van der Waals surface area contributed by atoms with Gasteiger partial charge in [-0.3, -0.25) is 14.6 Å². The van der Waals surface area contributed by atoms with E-state index in [9.17, 15) is 14.0 Å². The van der Waals surface area contributed by atoms with Gasteiger partial charge in [0.05, 0.1) is 17.8 Å². The predicted octanol–water partition coefficient (Wildman–Crippen LogP) is 3.09. The molecule has 144 valence electrons. The van der Waals surface area contributed by atoms with Crippen LogP contribution in [0.4, 0.5) is 4.39 Å². The number of pyridine rings is 1. The van der Waals surface area contributed by atoms with Crippen molar-refractivity contribution in [3.8, 4) is 10.7 Å². The summed E-state index contributed by atoms with van der Waals surface area (Å²) >= 11 is 1.39. The SMILES string of the molecule is CN(Cc1ccc(F)cc1)C(=O)COC(=O)Cc1csc(-c2ccccn2)n1. The Bertz CT molecular complexity index is 945. The van der Waals surface area contributed by atoms with E-state index >= 15 is 0 Å². The van der Waals surface area contributed by atoms with Crippen LogP contribution in [0.5, 0.6) is 0 Å². The first-order valence-electron chi connectivity index (χ1n) is 8.51. The molecule has 1 aromatic carbocycles. The highest BCUT2D eigenvalue weighted by atomic mass is 32.1. The van der Waals surface area contributed by atoms with Crippen LogP contribution in [0, 0.1) is 5.82 Å². The van der Waals surface area contributed by atoms with Gasteiger partial charge in [-0.1, -0.05) is 18.2 Å². The lowest BCUT2D eigenvalue weighted by atomic mass is 10.2. The van der Waals surface area contributed by atoms with Gasteiger partial charge in [0.15, 0.2) is 6.61 Å². The van der Waals surface area contributed by atoms with E-state index in [4.69, 9.17) is 4.74 Å². The highest BCUT2D eigenvalue weighted by Crippen LogP contribution is 2.21. The molecule has 2 heterocycles. The van der Waals surface area contributed by atoms with E-state index in [0.717, 1.165) is 16.3 Å². The number of likely N-dealkylation sites (N-methyl/N-ethyl adjacent to an activating group) is 1. The molecular formula is C20H18FN3O3S. The van der Waals surface area contributed by atoms with Gasteiger partial charge in [-0.05, 0) is 29.8 Å². The Morgan fingerprint density at radius 1 is 1.18 bits per heavy atom. The molecule has 0 fully saturated rings. The molecule has 0 unspecified atom stereocenters. The van der Waals surface area contributed by atoms with Gasteiger partial charge in [-0.15, -0.1) is 11.3 Å². The number of hydrogen-bond donors (Lipinski definition) is 0. The number of nitrogens with zero attached hydrogens (tertiary/aromatic N) is 3. The summed E-state index contributed by atoms with van der Waals surface area (Å²) in [5.74, 6) is -1.20. The van der Waals surface area contributed by atoms with E-state index < -0.39 is 5.97 Å². The van der Waals surface area contributed by atoms with Gasteiger partial charge in [-0.2, -0.15) is 0 Å². The minimum atomic E-state index is -0.526. The Hall–Kier alpha value is -3.13. The molecule has 3 aromatic rings. The van der Waals surface area contributed by atoms with Crippen LogP contribution in [0.15, 0.2) is 54.0 Å². The summed E-state index contributed by atoms with van der Waals surface area (Å²) in [5.41, 5.74) is 2.10. The molecule has 0 saturated carbocycles. The molecule has 2 aromatic heterocycles. The molecule has 3 rings (SSSR count). The maximum absolute atomic E-state index is 12.9. The molecule has 0 atom stereocenters. The Labute approximate surface area is 165 Å². The average molecular weight is 399 g/mol. The van der Waals surface area contributed by atoms with Crippen molar-refractivity contribution in [3.63, 3.8) is 0 Å². The lowest BCUT2D eigenvalue weighted by Crippen LogP contribution is -2.31. The Kier molecular flexibility index (Phi) is 6.44. The molecule has 0 spiro atoms. The van der Waals surface area contributed by atoms with Gasteiger partial charge < -0.3 is 9.64 Å². The third kappa shape index (κ3) is 5.43. The summed E-state index contributed by atoms with van der Waals surface area (Å²) in [4.78, 5) is 34.1. The second kappa shape index (κ2) is 9.18. The normalized spacial score (nSPS) is 10.5. The number of carbonyl (C=O) groups excluding carboxylic acids is 2.